The highest BCUT2D eigenvalue weighted by Gasteiger charge is 2.35. The van der Waals surface area contributed by atoms with Crippen LogP contribution < -0.4 is 10.9 Å². The third-order valence-electron chi connectivity index (χ3n) is 5.33. The molecule has 0 radical (unpaired) electrons. The highest BCUT2D eigenvalue weighted by atomic mass is 16.2. The summed E-state index contributed by atoms with van der Waals surface area (Å²) in [5.41, 5.74) is 2.45. The van der Waals surface area contributed by atoms with Crippen molar-refractivity contribution in [3.8, 4) is 0 Å². The number of amides is 1. The number of carbonyl (C=O) groups is 1. The predicted molar refractivity (Wildman–Crippen MR) is 90.3 cm³/mol. The summed E-state index contributed by atoms with van der Waals surface area (Å²) in [4.78, 5) is 25.0. The van der Waals surface area contributed by atoms with Gasteiger partial charge in [0.15, 0.2) is 0 Å². The summed E-state index contributed by atoms with van der Waals surface area (Å²) in [7, 11) is 0. The van der Waals surface area contributed by atoms with Crippen LogP contribution in [0.4, 0.5) is 5.82 Å². The minimum Gasteiger partial charge on any atom is -0.311 e. The zero-order valence-electron chi connectivity index (χ0n) is 14.1. The van der Waals surface area contributed by atoms with E-state index in [0.717, 1.165) is 30.6 Å². The maximum absolute atomic E-state index is 12.7. The first kappa shape index (κ1) is 15.2. The molecule has 24 heavy (non-hydrogen) atoms. The van der Waals surface area contributed by atoms with Gasteiger partial charge in [-0.25, -0.2) is 0 Å². The third kappa shape index (κ3) is 2.30. The van der Waals surface area contributed by atoms with Crippen LogP contribution in [-0.4, -0.2) is 25.5 Å². The molecule has 2 aromatic heterocycles. The van der Waals surface area contributed by atoms with Gasteiger partial charge in [0.2, 0.25) is 5.91 Å². The normalized spacial score (nSPS) is 21.1. The fourth-order valence-electron chi connectivity index (χ4n) is 4.12. The van der Waals surface area contributed by atoms with E-state index in [0.29, 0.717) is 17.8 Å². The lowest BCUT2D eigenvalue weighted by molar-refractivity contribution is -0.116. The van der Waals surface area contributed by atoms with E-state index in [4.69, 9.17) is 0 Å². The van der Waals surface area contributed by atoms with Crippen LogP contribution in [-0.2, 0) is 11.3 Å². The molecule has 0 bridgehead atoms. The topological polar surface area (TPSA) is 84.7 Å². The lowest BCUT2D eigenvalue weighted by Crippen LogP contribution is -2.27. The van der Waals surface area contributed by atoms with Gasteiger partial charge in [-0.05, 0) is 26.7 Å². The molecule has 2 aliphatic rings. The Morgan fingerprint density at radius 3 is 2.71 bits per heavy atom. The van der Waals surface area contributed by atoms with Crippen LogP contribution in [0.3, 0.4) is 0 Å². The molecule has 1 aliphatic heterocycles. The van der Waals surface area contributed by atoms with E-state index in [1.807, 2.05) is 29.4 Å². The van der Waals surface area contributed by atoms with E-state index in [1.165, 1.54) is 12.8 Å². The summed E-state index contributed by atoms with van der Waals surface area (Å²) in [6.07, 6.45) is 6.68. The molecule has 7 nitrogen and oxygen atoms in total. The molecule has 2 aromatic rings. The molecule has 0 spiro atoms. The Bertz CT molecular complexity index is 838. The number of aromatic nitrogens is 4. The Labute approximate surface area is 140 Å². The number of H-pyrrole nitrogens is 1. The van der Waals surface area contributed by atoms with Crippen molar-refractivity contribution in [1.29, 1.82) is 0 Å². The molecular weight excluding hydrogens is 306 g/mol. The zero-order valence-corrected chi connectivity index (χ0v) is 14.1. The molecule has 1 fully saturated rings. The van der Waals surface area contributed by atoms with Gasteiger partial charge in [-0.15, -0.1) is 0 Å². The second-order valence-corrected chi connectivity index (χ2v) is 6.84. The van der Waals surface area contributed by atoms with Gasteiger partial charge in [0.25, 0.3) is 5.56 Å². The van der Waals surface area contributed by atoms with Gasteiger partial charge in [0.1, 0.15) is 5.82 Å². The molecule has 2 N–H and O–H groups in total. The Morgan fingerprint density at radius 1 is 1.29 bits per heavy atom. The van der Waals surface area contributed by atoms with Crippen molar-refractivity contribution in [2.45, 2.75) is 64.5 Å². The van der Waals surface area contributed by atoms with Crippen LogP contribution in [0.25, 0.3) is 0 Å². The number of anilines is 1. The maximum atomic E-state index is 12.7. The van der Waals surface area contributed by atoms with Gasteiger partial charge >= 0.3 is 0 Å². The van der Waals surface area contributed by atoms with Crippen LogP contribution in [0, 0.1) is 6.92 Å². The van der Waals surface area contributed by atoms with Crippen LogP contribution in [0.5, 0.6) is 0 Å². The van der Waals surface area contributed by atoms with Crippen LogP contribution in [0.1, 0.15) is 67.8 Å². The Hall–Kier alpha value is -2.31. The number of nitrogens with zero attached hydrogens (tertiary/aromatic N) is 3. The SMILES string of the molecule is CCn1cc(C2CC(=O)Nc3c2c(=O)[nH]n3C2CCCC2)c(C)n1. The van der Waals surface area contributed by atoms with E-state index < -0.39 is 0 Å². The molecule has 3 heterocycles. The van der Waals surface area contributed by atoms with Crippen LogP contribution in [0.2, 0.25) is 0 Å². The van der Waals surface area contributed by atoms with Gasteiger partial charge in [0, 0.05) is 30.6 Å². The monoisotopic (exact) mass is 329 g/mol. The summed E-state index contributed by atoms with van der Waals surface area (Å²) in [6.45, 7) is 4.74. The van der Waals surface area contributed by atoms with Crippen LogP contribution >= 0.6 is 0 Å². The fraction of sp³-hybridized carbons (Fsp3) is 0.588. The van der Waals surface area contributed by atoms with Gasteiger partial charge in [-0.1, -0.05) is 12.8 Å². The third-order valence-corrected chi connectivity index (χ3v) is 5.33. The van der Waals surface area contributed by atoms with Crippen molar-refractivity contribution in [2.75, 3.05) is 5.32 Å². The highest BCUT2D eigenvalue weighted by Crippen LogP contribution is 2.39. The molecule has 1 aliphatic carbocycles. The summed E-state index contributed by atoms with van der Waals surface area (Å²) in [5.74, 6) is 0.402. The molecule has 0 saturated heterocycles. The first-order chi connectivity index (χ1) is 11.6. The average molecular weight is 329 g/mol. The summed E-state index contributed by atoms with van der Waals surface area (Å²) < 4.78 is 3.76. The van der Waals surface area contributed by atoms with Crippen molar-refractivity contribution in [3.63, 3.8) is 0 Å². The number of aryl methyl sites for hydroxylation is 2. The molecule has 0 aromatic carbocycles. The first-order valence-corrected chi connectivity index (χ1v) is 8.76. The minimum absolute atomic E-state index is 0.0399. The largest absolute Gasteiger partial charge is 0.311 e. The number of aromatic amines is 1. The number of fused-ring (bicyclic) bond motifs is 1. The van der Waals surface area contributed by atoms with E-state index in [9.17, 15) is 9.59 Å². The maximum Gasteiger partial charge on any atom is 0.270 e. The molecule has 1 atom stereocenters. The van der Waals surface area contributed by atoms with Crippen molar-refractivity contribution < 1.29 is 4.79 Å². The van der Waals surface area contributed by atoms with Crippen molar-refractivity contribution in [2.24, 2.45) is 0 Å². The highest BCUT2D eigenvalue weighted by molar-refractivity contribution is 5.94. The second-order valence-electron chi connectivity index (χ2n) is 6.84. The molecule has 1 saturated carbocycles. The molecule has 4 rings (SSSR count). The van der Waals surface area contributed by atoms with Crippen LogP contribution in [0.15, 0.2) is 11.0 Å². The van der Waals surface area contributed by atoms with E-state index in [-0.39, 0.29) is 23.4 Å². The minimum atomic E-state index is -0.222. The second kappa shape index (κ2) is 5.65. The van der Waals surface area contributed by atoms with Gasteiger partial charge < -0.3 is 5.32 Å². The number of hydrogen-bond acceptors (Lipinski definition) is 3. The lowest BCUT2D eigenvalue weighted by Gasteiger charge is -2.24. The Morgan fingerprint density at radius 2 is 2.04 bits per heavy atom. The smallest absolute Gasteiger partial charge is 0.270 e. The zero-order chi connectivity index (χ0) is 16.8. The molecule has 7 heteroatoms. The van der Waals surface area contributed by atoms with Gasteiger partial charge in [0.05, 0.1) is 17.3 Å². The number of nitrogens with one attached hydrogen (secondary N) is 2. The Kier molecular flexibility index (Phi) is 3.58. The van der Waals surface area contributed by atoms with Crippen molar-refractivity contribution in [3.05, 3.63) is 33.4 Å². The van der Waals surface area contributed by atoms with E-state index in [1.54, 1.807) is 0 Å². The summed E-state index contributed by atoms with van der Waals surface area (Å²) in [6, 6.07) is 0.278. The molecule has 128 valence electrons. The first-order valence-electron chi connectivity index (χ1n) is 8.76. The number of carbonyl (C=O) groups excluding carboxylic acids is 1. The number of hydrogen-bond donors (Lipinski definition) is 2. The van der Waals surface area contributed by atoms with Gasteiger partial charge in [-0.3, -0.25) is 24.1 Å². The fourth-order valence-corrected chi connectivity index (χ4v) is 4.12. The average Bonchev–Trinajstić information content (AvgIpc) is 3.26. The lowest BCUT2D eigenvalue weighted by atomic mass is 9.87. The standard InChI is InChI=1S/C17H23N5O2/c1-3-21-9-13(10(2)19-21)12-8-14(23)18-16-15(12)17(24)20-22(16)11-6-4-5-7-11/h9,11-12H,3-8H2,1-2H3,(H,18,23)(H,20,24). The molecule has 1 unspecified atom stereocenters. The summed E-state index contributed by atoms with van der Waals surface area (Å²) in [5, 5.41) is 10.4. The quantitative estimate of drug-likeness (QED) is 0.906. The predicted octanol–water partition coefficient (Wildman–Crippen LogP) is 2.29. The van der Waals surface area contributed by atoms with E-state index >= 15 is 0 Å². The van der Waals surface area contributed by atoms with Crippen molar-refractivity contribution >= 4 is 11.7 Å². The summed E-state index contributed by atoms with van der Waals surface area (Å²) >= 11 is 0. The molecular formula is C17H23N5O2. The van der Waals surface area contributed by atoms with E-state index in [2.05, 4.69) is 15.5 Å². The molecule has 1 amide bonds. The number of rotatable bonds is 3. The van der Waals surface area contributed by atoms with Gasteiger partial charge in [-0.2, -0.15) is 5.10 Å². The Balaban J connectivity index is 1.83. The van der Waals surface area contributed by atoms with Crippen molar-refractivity contribution in [1.82, 2.24) is 19.6 Å².